The minimum Gasteiger partial charge on any atom is -0.481 e. The number of carbonyl (C=O) groups is 1. The predicted octanol–water partition coefficient (Wildman–Crippen LogP) is 4.13. The fraction of sp³-hybridized carbons (Fsp3) is 0.409. The van der Waals surface area contributed by atoms with Crippen LogP contribution in [-0.2, 0) is 14.6 Å². The van der Waals surface area contributed by atoms with Crippen LogP contribution in [0.3, 0.4) is 0 Å². The quantitative estimate of drug-likeness (QED) is 0.719. The van der Waals surface area contributed by atoms with Gasteiger partial charge in [-0.15, -0.1) is 0 Å². The maximum atomic E-state index is 12.8. The Hall–Kier alpha value is -2.34. The van der Waals surface area contributed by atoms with Crippen LogP contribution >= 0.6 is 0 Å². The van der Waals surface area contributed by atoms with Crippen molar-refractivity contribution in [2.45, 2.75) is 57.6 Å². The maximum absolute atomic E-state index is 12.8. The monoisotopic (exact) mass is 403 g/mol. The lowest BCUT2D eigenvalue weighted by Crippen LogP contribution is -2.40. The van der Waals surface area contributed by atoms with Gasteiger partial charge in [-0.25, -0.2) is 8.42 Å². The molecule has 152 valence electrons. The van der Waals surface area contributed by atoms with Crippen molar-refractivity contribution < 1.29 is 17.9 Å². The summed E-state index contributed by atoms with van der Waals surface area (Å²) >= 11 is 0. The van der Waals surface area contributed by atoms with Crippen LogP contribution in [0.1, 0.15) is 49.4 Å². The summed E-state index contributed by atoms with van der Waals surface area (Å²) in [6.07, 6.45) is 1.81. The summed E-state index contributed by atoms with van der Waals surface area (Å²) in [5.74, 6) is 0.505. The van der Waals surface area contributed by atoms with E-state index in [9.17, 15) is 13.2 Å². The van der Waals surface area contributed by atoms with E-state index in [-0.39, 0.29) is 16.8 Å². The minimum absolute atomic E-state index is 0.180. The van der Waals surface area contributed by atoms with Gasteiger partial charge in [-0.05, 0) is 67.6 Å². The second-order valence-electron chi connectivity index (χ2n) is 7.15. The van der Waals surface area contributed by atoms with Gasteiger partial charge in [0.2, 0.25) is 0 Å². The summed E-state index contributed by atoms with van der Waals surface area (Å²) in [6.45, 7) is 7.87. The van der Waals surface area contributed by atoms with E-state index in [1.807, 2.05) is 39.8 Å². The first-order chi connectivity index (χ1) is 13.1. The van der Waals surface area contributed by atoms with Crippen molar-refractivity contribution in [1.29, 1.82) is 0 Å². The Morgan fingerprint density at radius 2 is 1.57 bits per heavy atom. The van der Waals surface area contributed by atoms with Crippen molar-refractivity contribution in [3.63, 3.8) is 0 Å². The van der Waals surface area contributed by atoms with Crippen LogP contribution in [0, 0.1) is 13.8 Å². The van der Waals surface area contributed by atoms with Crippen LogP contribution in [0.5, 0.6) is 5.75 Å². The molecule has 2 atom stereocenters. The largest absolute Gasteiger partial charge is 0.481 e. The lowest BCUT2D eigenvalue weighted by molar-refractivity contribution is -0.129. The Bertz CT molecular complexity index is 900. The zero-order valence-electron chi connectivity index (χ0n) is 17.2. The van der Waals surface area contributed by atoms with E-state index in [0.717, 1.165) is 16.7 Å². The Morgan fingerprint density at radius 3 is 2.04 bits per heavy atom. The third kappa shape index (κ3) is 5.83. The zero-order valence-corrected chi connectivity index (χ0v) is 18.0. The summed E-state index contributed by atoms with van der Waals surface area (Å²) in [6, 6.07) is 12.3. The summed E-state index contributed by atoms with van der Waals surface area (Å²) < 4.78 is 29.2. The molecule has 0 aliphatic carbocycles. The molecule has 0 aliphatic heterocycles. The molecule has 2 aromatic rings. The molecule has 0 fully saturated rings. The maximum Gasteiger partial charge on any atom is 0.261 e. The molecule has 5 nitrogen and oxygen atoms in total. The standard InChI is InChI=1S/C22H29NO4S/c1-6-20(17-8-10-19(11-9-17)28(5,25)26)23-22(24)21(7-2)27-18-13-15(3)12-16(4)14-18/h8-14,20-21H,6-7H2,1-5H3,(H,23,24)/t20-,21+/m1/s1. The van der Waals surface area contributed by atoms with Crippen molar-refractivity contribution in [3.05, 3.63) is 59.2 Å². The molecule has 2 aromatic carbocycles. The molecule has 1 amide bonds. The van der Waals surface area contributed by atoms with Gasteiger partial charge in [0.1, 0.15) is 5.75 Å². The molecular formula is C22H29NO4S. The number of hydrogen-bond donors (Lipinski definition) is 1. The van der Waals surface area contributed by atoms with Crippen molar-refractivity contribution >= 4 is 15.7 Å². The van der Waals surface area contributed by atoms with Gasteiger partial charge in [-0.2, -0.15) is 0 Å². The molecular weight excluding hydrogens is 374 g/mol. The van der Waals surface area contributed by atoms with E-state index in [0.29, 0.717) is 18.6 Å². The van der Waals surface area contributed by atoms with E-state index < -0.39 is 15.9 Å². The number of nitrogens with one attached hydrogen (secondary N) is 1. The topological polar surface area (TPSA) is 72.5 Å². The number of benzene rings is 2. The van der Waals surface area contributed by atoms with Crippen molar-refractivity contribution in [1.82, 2.24) is 5.32 Å². The van der Waals surface area contributed by atoms with Crippen molar-refractivity contribution in [3.8, 4) is 5.75 Å². The number of aryl methyl sites for hydroxylation is 2. The average Bonchev–Trinajstić information content (AvgIpc) is 2.62. The van der Waals surface area contributed by atoms with Gasteiger partial charge in [0.05, 0.1) is 10.9 Å². The number of ether oxygens (including phenoxy) is 1. The van der Waals surface area contributed by atoms with Gasteiger partial charge in [-0.3, -0.25) is 4.79 Å². The van der Waals surface area contributed by atoms with E-state index in [1.54, 1.807) is 24.3 Å². The Kier molecular flexibility index (Phi) is 7.24. The van der Waals surface area contributed by atoms with Crippen LogP contribution in [0.25, 0.3) is 0 Å². The first-order valence-corrected chi connectivity index (χ1v) is 11.4. The molecule has 0 bridgehead atoms. The van der Waals surface area contributed by atoms with Crippen LogP contribution in [0.2, 0.25) is 0 Å². The zero-order chi connectivity index (χ0) is 20.9. The third-order valence-corrected chi connectivity index (χ3v) is 5.70. The SMILES string of the molecule is CC[C@H](Oc1cc(C)cc(C)c1)C(=O)N[C@H](CC)c1ccc(S(C)(=O)=O)cc1. The summed E-state index contributed by atoms with van der Waals surface area (Å²) in [4.78, 5) is 13.1. The molecule has 0 aliphatic rings. The molecule has 0 radical (unpaired) electrons. The van der Waals surface area contributed by atoms with Crippen molar-refractivity contribution in [2.24, 2.45) is 0 Å². The first-order valence-electron chi connectivity index (χ1n) is 9.49. The third-order valence-electron chi connectivity index (χ3n) is 4.57. The fourth-order valence-corrected chi connectivity index (χ4v) is 3.75. The highest BCUT2D eigenvalue weighted by molar-refractivity contribution is 7.90. The molecule has 2 rings (SSSR count). The Morgan fingerprint density at radius 1 is 1.00 bits per heavy atom. The molecule has 6 heteroatoms. The molecule has 0 saturated carbocycles. The predicted molar refractivity (Wildman–Crippen MR) is 111 cm³/mol. The normalized spacial score (nSPS) is 13.6. The van der Waals surface area contributed by atoms with Gasteiger partial charge in [0.25, 0.3) is 5.91 Å². The van der Waals surface area contributed by atoms with Crippen molar-refractivity contribution in [2.75, 3.05) is 6.26 Å². The summed E-state index contributed by atoms with van der Waals surface area (Å²) in [7, 11) is -3.24. The molecule has 0 heterocycles. The first kappa shape index (κ1) is 22.0. The molecule has 28 heavy (non-hydrogen) atoms. The lowest BCUT2D eigenvalue weighted by atomic mass is 10.0. The Balaban J connectivity index is 2.12. The van der Waals surface area contributed by atoms with E-state index in [2.05, 4.69) is 11.4 Å². The fourth-order valence-electron chi connectivity index (χ4n) is 3.12. The van der Waals surface area contributed by atoms with Gasteiger partial charge >= 0.3 is 0 Å². The molecule has 1 N–H and O–H groups in total. The number of carbonyl (C=O) groups excluding carboxylic acids is 1. The average molecular weight is 404 g/mol. The molecule has 0 spiro atoms. The highest BCUT2D eigenvalue weighted by Gasteiger charge is 2.22. The highest BCUT2D eigenvalue weighted by Crippen LogP contribution is 2.21. The van der Waals surface area contributed by atoms with Gasteiger partial charge in [0.15, 0.2) is 15.9 Å². The van der Waals surface area contributed by atoms with E-state index in [1.165, 1.54) is 6.26 Å². The smallest absolute Gasteiger partial charge is 0.261 e. The number of hydrogen-bond acceptors (Lipinski definition) is 4. The lowest BCUT2D eigenvalue weighted by Gasteiger charge is -2.23. The second kappa shape index (κ2) is 9.24. The van der Waals surface area contributed by atoms with Gasteiger partial charge in [0, 0.05) is 6.26 Å². The molecule has 0 unspecified atom stereocenters. The number of rotatable bonds is 8. The number of sulfone groups is 1. The summed E-state index contributed by atoms with van der Waals surface area (Å²) in [5, 5.41) is 3.03. The highest BCUT2D eigenvalue weighted by atomic mass is 32.2. The second-order valence-corrected chi connectivity index (χ2v) is 9.16. The van der Waals surface area contributed by atoms with Crippen LogP contribution in [-0.4, -0.2) is 26.7 Å². The Labute approximate surface area is 168 Å². The van der Waals surface area contributed by atoms with E-state index in [4.69, 9.17) is 4.74 Å². The van der Waals surface area contributed by atoms with Crippen LogP contribution in [0.15, 0.2) is 47.4 Å². The number of amides is 1. The van der Waals surface area contributed by atoms with E-state index >= 15 is 0 Å². The van der Waals surface area contributed by atoms with Crippen LogP contribution < -0.4 is 10.1 Å². The molecule has 0 aromatic heterocycles. The van der Waals surface area contributed by atoms with Gasteiger partial charge < -0.3 is 10.1 Å². The van der Waals surface area contributed by atoms with Crippen LogP contribution in [0.4, 0.5) is 0 Å². The minimum atomic E-state index is -3.24. The molecule has 0 saturated heterocycles. The van der Waals surface area contributed by atoms with Gasteiger partial charge in [-0.1, -0.05) is 32.0 Å². The summed E-state index contributed by atoms with van der Waals surface area (Å²) in [5.41, 5.74) is 3.04.